The Hall–Kier alpha value is -1.50. The monoisotopic (exact) mass is 368 g/mol. The second-order valence-corrected chi connectivity index (χ2v) is 6.83. The molecule has 1 aliphatic heterocycles. The van der Waals surface area contributed by atoms with Gasteiger partial charge in [-0.3, -0.25) is 4.79 Å². The highest BCUT2D eigenvalue weighted by Crippen LogP contribution is 2.41. The van der Waals surface area contributed by atoms with Crippen LogP contribution in [0.4, 0.5) is 0 Å². The van der Waals surface area contributed by atoms with E-state index >= 15 is 0 Å². The van der Waals surface area contributed by atoms with Gasteiger partial charge in [0.1, 0.15) is 22.6 Å². The van der Waals surface area contributed by atoms with E-state index in [9.17, 15) is 4.79 Å². The van der Waals surface area contributed by atoms with Gasteiger partial charge in [-0.2, -0.15) is 0 Å². The summed E-state index contributed by atoms with van der Waals surface area (Å²) in [6, 6.07) is 3.89. The molecule has 2 atom stereocenters. The molecule has 1 heterocycles. The quantitative estimate of drug-likeness (QED) is 0.835. The third-order valence-corrected chi connectivity index (χ3v) is 5.14. The maximum atomic E-state index is 13.0. The number of benzene rings is 1. The minimum Gasteiger partial charge on any atom is -0.495 e. The minimum atomic E-state index is -0.423. The minimum absolute atomic E-state index is 0.0371. The molecule has 25 heavy (non-hydrogen) atoms. The van der Waals surface area contributed by atoms with Crippen LogP contribution in [0.2, 0.25) is 5.02 Å². The first-order valence-corrected chi connectivity index (χ1v) is 9.00. The Morgan fingerprint density at radius 3 is 2.44 bits per heavy atom. The normalized spacial score (nSPS) is 21.5. The lowest BCUT2D eigenvalue weighted by Crippen LogP contribution is -2.50. The first kappa shape index (κ1) is 18.3. The molecule has 6 nitrogen and oxygen atoms in total. The van der Waals surface area contributed by atoms with Crippen molar-refractivity contribution in [1.82, 2.24) is 10.2 Å². The molecule has 1 aromatic rings. The number of halogens is 1. The molecule has 7 heteroatoms. The van der Waals surface area contributed by atoms with Crippen LogP contribution in [-0.2, 0) is 9.53 Å². The van der Waals surface area contributed by atoms with Gasteiger partial charge in [0, 0.05) is 19.1 Å². The van der Waals surface area contributed by atoms with Crippen molar-refractivity contribution in [1.29, 1.82) is 0 Å². The lowest BCUT2D eigenvalue weighted by atomic mass is 10.0. The summed E-state index contributed by atoms with van der Waals surface area (Å²) in [7, 11) is 3.14. The van der Waals surface area contributed by atoms with Gasteiger partial charge in [-0.25, -0.2) is 0 Å². The molecule has 1 amide bonds. The van der Waals surface area contributed by atoms with Crippen LogP contribution < -0.4 is 14.8 Å². The summed E-state index contributed by atoms with van der Waals surface area (Å²) < 4.78 is 16.4. The fourth-order valence-corrected chi connectivity index (χ4v) is 3.48. The molecule has 2 fully saturated rings. The molecule has 1 saturated heterocycles. The molecule has 0 unspecified atom stereocenters. The van der Waals surface area contributed by atoms with Crippen molar-refractivity contribution in [2.45, 2.75) is 38.0 Å². The van der Waals surface area contributed by atoms with Crippen LogP contribution in [0.3, 0.4) is 0 Å². The molecule has 2 aliphatic rings. The van der Waals surface area contributed by atoms with Gasteiger partial charge in [0.2, 0.25) is 0 Å². The molecular weight excluding hydrogens is 344 g/mol. The molecule has 1 aliphatic carbocycles. The molecule has 138 valence electrons. The van der Waals surface area contributed by atoms with Gasteiger partial charge in [0.05, 0.1) is 26.9 Å². The van der Waals surface area contributed by atoms with E-state index in [1.165, 1.54) is 0 Å². The predicted molar refractivity (Wildman–Crippen MR) is 95.4 cm³/mol. The maximum Gasteiger partial charge on any atom is 0.253 e. The van der Waals surface area contributed by atoms with Crippen LogP contribution in [0, 0.1) is 0 Å². The van der Waals surface area contributed by atoms with Crippen molar-refractivity contribution in [3.63, 3.8) is 0 Å². The number of morpholine rings is 1. The third-order valence-electron chi connectivity index (χ3n) is 4.77. The average molecular weight is 369 g/mol. The Morgan fingerprint density at radius 2 is 1.96 bits per heavy atom. The van der Waals surface area contributed by atoms with E-state index in [0.717, 1.165) is 24.9 Å². The summed E-state index contributed by atoms with van der Waals surface area (Å²) in [5, 5.41) is 3.66. The van der Waals surface area contributed by atoms with Gasteiger partial charge in [-0.15, -0.1) is 0 Å². The number of carbonyl (C=O) groups excluding carboxylic acids is 1. The SMILES string of the molecule is COc1cc([C@@H](C)N(C(=O)[C@H]2CNCCO2)C2CC2)cc(OC)c1Cl. The largest absolute Gasteiger partial charge is 0.495 e. The number of rotatable bonds is 6. The molecule has 1 aromatic carbocycles. The van der Waals surface area contributed by atoms with Crippen molar-refractivity contribution in [3.05, 3.63) is 22.7 Å². The number of methoxy groups -OCH3 is 2. The van der Waals surface area contributed by atoms with E-state index in [-0.39, 0.29) is 18.0 Å². The van der Waals surface area contributed by atoms with E-state index in [2.05, 4.69) is 5.32 Å². The number of hydrogen-bond donors (Lipinski definition) is 1. The molecular formula is C18H25ClN2O4. The molecule has 0 spiro atoms. The van der Waals surface area contributed by atoms with Crippen molar-refractivity contribution >= 4 is 17.5 Å². The molecule has 1 saturated carbocycles. The lowest BCUT2D eigenvalue weighted by Gasteiger charge is -2.34. The van der Waals surface area contributed by atoms with Crippen LogP contribution in [0.15, 0.2) is 12.1 Å². The van der Waals surface area contributed by atoms with E-state index in [1.54, 1.807) is 14.2 Å². The second kappa shape index (κ2) is 7.81. The van der Waals surface area contributed by atoms with Gasteiger partial charge >= 0.3 is 0 Å². The molecule has 0 bridgehead atoms. The average Bonchev–Trinajstić information content (AvgIpc) is 3.47. The summed E-state index contributed by atoms with van der Waals surface area (Å²) >= 11 is 6.27. The summed E-state index contributed by atoms with van der Waals surface area (Å²) in [4.78, 5) is 15.0. The fraction of sp³-hybridized carbons (Fsp3) is 0.611. The van der Waals surface area contributed by atoms with Gasteiger partial charge in [0.25, 0.3) is 5.91 Å². The molecule has 0 aromatic heterocycles. The fourth-order valence-electron chi connectivity index (χ4n) is 3.22. The number of hydrogen-bond acceptors (Lipinski definition) is 5. The first-order chi connectivity index (χ1) is 12.1. The Bertz CT molecular complexity index is 604. The van der Waals surface area contributed by atoms with E-state index < -0.39 is 6.10 Å². The standard InChI is InChI=1S/C18H25ClN2O4/c1-11(12-8-14(23-2)17(19)15(9-12)24-3)21(13-4-5-13)18(22)16-10-20-6-7-25-16/h8-9,11,13,16,20H,4-7,10H2,1-3H3/t11-,16-/m1/s1. The van der Waals surface area contributed by atoms with Crippen LogP contribution >= 0.6 is 11.6 Å². The van der Waals surface area contributed by atoms with Crippen molar-refractivity contribution < 1.29 is 19.0 Å². The topological polar surface area (TPSA) is 60.0 Å². The number of amides is 1. The second-order valence-electron chi connectivity index (χ2n) is 6.46. The molecule has 1 N–H and O–H groups in total. The third kappa shape index (κ3) is 3.86. The van der Waals surface area contributed by atoms with Crippen LogP contribution in [0.5, 0.6) is 11.5 Å². The Morgan fingerprint density at radius 1 is 1.32 bits per heavy atom. The smallest absolute Gasteiger partial charge is 0.253 e. The van der Waals surface area contributed by atoms with Gasteiger partial charge in [0.15, 0.2) is 0 Å². The van der Waals surface area contributed by atoms with Crippen LogP contribution in [0.25, 0.3) is 0 Å². The highest BCUT2D eigenvalue weighted by atomic mass is 35.5. The van der Waals surface area contributed by atoms with Gasteiger partial charge in [-0.1, -0.05) is 11.6 Å². The molecule has 3 rings (SSSR count). The number of ether oxygens (including phenoxy) is 3. The summed E-state index contributed by atoms with van der Waals surface area (Å²) in [5.74, 6) is 1.12. The zero-order chi connectivity index (χ0) is 18.0. The Kier molecular flexibility index (Phi) is 5.71. The Labute approximate surface area is 153 Å². The van der Waals surface area contributed by atoms with E-state index in [1.807, 2.05) is 24.0 Å². The van der Waals surface area contributed by atoms with E-state index in [4.69, 9.17) is 25.8 Å². The summed E-state index contributed by atoms with van der Waals surface area (Å²) in [6.07, 6.45) is 1.63. The lowest BCUT2D eigenvalue weighted by molar-refractivity contribution is -0.148. The number of carbonyl (C=O) groups is 1. The van der Waals surface area contributed by atoms with Crippen molar-refractivity contribution in [2.24, 2.45) is 0 Å². The van der Waals surface area contributed by atoms with Crippen LogP contribution in [-0.4, -0.2) is 56.9 Å². The number of nitrogens with one attached hydrogen (secondary N) is 1. The highest BCUT2D eigenvalue weighted by Gasteiger charge is 2.40. The summed E-state index contributed by atoms with van der Waals surface area (Å²) in [6.45, 7) is 3.93. The molecule has 0 radical (unpaired) electrons. The van der Waals surface area contributed by atoms with Gasteiger partial charge < -0.3 is 24.4 Å². The first-order valence-electron chi connectivity index (χ1n) is 8.62. The highest BCUT2D eigenvalue weighted by molar-refractivity contribution is 6.33. The predicted octanol–water partition coefficient (Wildman–Crippen LogP) is 2.40. The Balaban J connectivity index is 1.88. The van der Waals surface area contributed by atoms with E-state index in [0.29, 0.717) is 29.7 Å². The van der Waals surface area contributed by atoms with Crippen LogP contribution in [0.1, 0.15) is 31.4 Å². The van der Waals surface area contributed by atoms with Crippen molar-refractivity contribution in [3.8, 4) is 11.5 Å². The maximum absolute atomic E-state index is 13.0. The van der Waals surface area contributed by atoms with Crippen molar-refractivity contribution in [2.75, 3.05) is 33.9 Å². The summed E-state index contributed by atoms with van der Waals surface area (Å²) in [5.41, 5.74) is 0.933. The zero-order valence-electron chi connectivity index (χ0n) is 14.9. The van der Waals surface area contributed by atoms with Gasteiger partial charge in [-0.05, 0) is 37.5 Å². The number of nitrogens with zero attached hydrogens (tertiary/aromatic N) is 1. The zero-order valence-corrected chi connectivity index (χ0v) is 15.6.